The Morgan fingerprint density at radius 2 is 2.06 bits per heavy atom. The molecule has 0 radical (unpaired) electrons. The van der Waals surface area contributed by atoms with Crippen LogP contribution in [0.4, 0.5) is 11.5 Å². The Hall–Kier alpha value is -2.64. The second-order valence-electron chi connectivity index (χ2n) is 8.97. The minimum absolute atomic E-state index is 0.0460. The number of aromatic nitrogens is 1. The molecule has 0 spiro atoms. The maximum Gasteiger partial charge on any atom is 0.179 e. The van der Waals surface area contributed by atoms with Crippen LogP contribution >= 0.6 is 0 Å². The number of hydrogen-bond donors (Lipinski definition) is 2. The van der Waals surface area contributed by atoms with Crippen molar-refractivity contribution in [3.05, 3.63) is 65.6 Å². The largest absolute Gasteiger partial charge is 0.382 e. The smallest absolute Gasteiger partial charge is 0.179 e. The topological polar surface area (TPSA) is 88.3 Å². The van der Waals surface area contributed by atoms with Crippen LogP contribution in [0.2, 0.25) is 0 Å². The highest BCUT2D eigenvalue weighted by Gasteiger charge is 2.23. The number of nitrogens with one attached hydrogen (secondary N) is 1. The van der Waals surface area contributed by atoms with Gasteiger partial charge in [0.15, 0.2) is 9.84 Å². The van der Waals surface area contributed by atoms with Gasteiger partial charge in [-0.05, 0) is 64.3 Å². The van der Waals surface area contributed by atoms with Gasteiger partial charge in [0.05, 0.1) is 16.2 Å². The van der Waals surface area contributed by atoms with Gasteiger partial charge in [0, 0.05) is 42.3 Å². The predicted octanol–water partition coefficient (Wildman–Crippen LogP) is 4.72. The molecule has 2 atom stereocenters. The molecule has 0 saturated heterocycles. The lowest BCUT2D eigenvalue weighted by molar-refractivity contribution is 0.569. The van der Waals surface area contributed by atoms with Crippen molar-refractivity contribution in [1.29, 1.82) is 0 Å². The summed E-state index contributed by atoms with van der Waals surface area (Å²) in [6.45, 7) is 10.8. The zero-order chi connectivity index (χ0) is 24.0. The number of anilines is 2. The van der Waals surface area contributed by atoms with E-state index in [-0.39, 0.29) is 17.8 Å². The lowest BCUT2D eigenvalue weighted by Gasteiger charge is -2.24. The van der Waals surface area contributed by atoms with Gasteiger partial charge in [-0.3, -0.25) is 0 Å². The Morgan fingerprint density at radius 3 is 2.79 bits per heavy atom. The average Bonchev–Trinajstić information content (AvgIpc) is 2.90. The van der Waals surface area contributed by atoms with Gasteiger partial charge < -0.3 is 16.0 Å². The van der Waals surface area contributed by atoms with E-state index in [2.05, 4.69) is 43.9 Å². The van der Waals surface area contributed by atoms with E-state index < -0.39 is 9.84 Å². The van der Waals surface area contributed by atoms with Gasteiger partial charge >= 0.3 is 0 Å². The van der Waals surface area contributed by atoms with Crippen LogP contribution in [-0.4, -0.2) is 44.3 Å². The summed E-state index contributed by atoms with van der Waals surface area (Å²) in [6.07, 6.45) is 9.70. The number of benzene rings is 1. The third kappa shape index (κ3) is 6.68. The van der Waals surface area contributed by atoms with Crippen LogP contribution in [-0.2, 0) is 9.84 Å². The molecule has 0 saturated carbocycles. The highest BCUT2D eigenvalue weighted by atomic mass is 32.2. The fraction of sp³-hybridized carbons (Fsp3) is 0.423. The van der Waals surface area contributed by atoms with Crippen molar-refractivity contribution >= 4 is 32.2 Å². The molecule has 3 rings (SSSR count). The summed E-state index contributed by atoms with van der Waals surface area (Å²) in [4.78, 5) is 7.24. The minimum atomic E-state index is -3.34. The van der Waals surface area contributed by atoms with Crippen LogP contribution < -0.4 is 16.0 Å². The van der Waals surface area contributed by atoms with Crippen molar-refractivity contribution in [3.8, 4) is 0 Å². The molecule has 2 heterocycles. The van der Waals surface area contributed by atoms with E-state index in [0.717, 1.165) is 41.7 Å². The summed E-state index contributed by atoms with van der Waals surface area (Å²) in [6, 6.07) is 8.78. The van der Waals surface area contributed by atoms with Crippen molar-refractivity contribution in [1.82, 2.24) is 4.98 Å². The second kappa shape index (κ2) is 11.0. The van der Waals surface area contributed by atoms with E-state index in [1.165, 1.54) is 5.56 Å². The van der Waals surface area contributed by atoms with Crippen LogP contribution in [0.15, 0.2) is 60.1 Å². The van der Waals surface area contributed by atoms with E-state index in [0.29, 0.717) is 18.0 Å². The lowest BCUT2D eigenvalue weighted by Crippen LogP contribution is -2.28. The Kier molecular flexibility index (Phi) is 8.32. The molecule has 3 N–H and O–H groups in total. The molecule has 0 fully saturated rings. The normalized spacial score (nSPS) is 18.1. The number of allylic oxidation sites excluding steroid dienone is 3. The van der Waals surface area contributed by atoms with Gasteiger partial charge in [0.1, 0.15) is 5.82 Å². The molecule has 1 aliphatic heterocycles. The third-order valence-corrected chi connectivity index (χ3v) is 7.61. The zero-order valence-electron chi connectivity index (χ0n) is 19.9. The van der Waals surface area contributed by atoms with Crippen LogP contribution in [0.25, 0.3) is 10.9 Å². The molecule has 0 amide bonds. The summed E-state index contributed by atoms with van der Waals surface area (Å²) < 4.78 is 25.3. The Labute approximate surface area is 198 Å². The number of nitrogens with two attached hydrogens (primary N) is 1. The molecular formula is C26H36N4O2S. The number of rotatable bonds is 9. The highest BCUT2D eigenvalue weighted by Crippen LogP contribution is 2.30. The first kappa shape index (κ1) is 25.0. The van der Waals surface area contributed by atoms with Crippen molar-refractivity contribution in [2.45, 2.75) is 52.1 Å². The maximum atomic E-state index is 12.7. The summed E-state index contributed by atoms with van der Waals surface area (Å²) in [5.41, 5.74) is 8.99. The molecule has 2 unspecified atom stereocenters. The number of nitrogens with zero attached hydrogens (tertiary/aromatic N) is 2. The van der Waals surface area contributed by atoms with Gasteiger partial charge in [-0.2, -0.15) is 0 Å². The minimum Gasteiger partial charge on any atom is -0.382 e. The number of aryl methyl sites for hydroxylation is 1. The van der Waals surface area contributed by atoms with Crippen LogP contribution in [0, 0.1) is 6.92 Å². The summed E-state index contributed by atoms with van der Waals surface area (Å²) in [5, 5.41) is 4.74. The first-order chi connectivity index (χ1) is 15.7. The van der Waals surface area contributed by atoms with Crippen molar-refractivity contribution < 1.29 is 8.42 Å². The molecule has 1 aromatic carbocycles. The quantitative estimate of drug-likeness (QED) is 0.518. The van der Waals surface area contributed by atoms with Gasteiger partial charge in [-0.25, -0.2) is 13.4 Å². The molecule has 7 heteroatoms. The number of sulfone groups is 1. The van der Waals surface area contributed by atoms with Gasteiger partial charge in [0.2, 0.25) is 0 Å². The van der Waals surface area contributed by atoms with Gasteiger partial charge in [-0.15, -0.1) is 0 Å². The monoisotopic (exact) mass is 468 g/mol. The molecule has 6 nitrogen and oxygen atoms in total. The number of fused-ring (bicyclic) bond motifs is 1. The molecule has 1 aromatic heterocycles. The average molecular weight is 469 g/mol. The summed E-state index contributed by atoms with van der Waals surface area (Å²) in [7, 11) is -3.34. The van der Waals surface area contributed by atoms with Gasteiger partial charge in [0.25, 0.3) is 0 Å². The van der Waals surface area contributed by atoms with Crippen LogP contribution in [0.5, 0.6) is 0 Å². The molecule has 0 aliphatic carbocycles. The van der Waals surface area contributed by atoms with E-state index in [1.54, 1.807) is 24.3 Å². The molecule has 2 aromatic rings. The Morgan fingerprint density at radius 1 is 1.27 bits per heavy atom. The fourth-order valence-electron chi connectivity index (χ4n) is 4.00. The third-order valence-electron chi connectivity index (χ3n) is 5.87. The second-order valence-corrected chi connectivity index (χ2v) is 11.1. The standard InChI is InChI=1S/C26H36N4O2S/c1-5-6-10-22-13-14-30(15-16-33(22,31)32)26-18-25(28-21(4)9-7-8-20(3)27)23-17-19(2)11-12-24(23)29-26/h5-6,10-13,17-18,20-21H,1,7-9,14-16,27H2,2-4H3,(H,28,29). The molecule has 1 aliphatic rings. The van der Waals surface area contributed by atoms with Crippen LogP contribution in [0.3, 0.4) is 0 Å². The first-order valence-electron chi connectivity index (χ1n) is 11.6. The molecule has 178 valence electrons. The highest BCUT2D eigenvalue weighted by molar-refractivity contribution is 7.95. The summed E-state index contributed by atoms with van der Waals surface area (Å²) in [5.74, 6) is 0.821. The van der Waals surface area contributed by atoms with E-state index in [9.17, 15) is 8.42 Å². The van der Waals surface area contributed by atoms with Crippen molar-refractivity contribution in [3.63, 3.8) is 0 Å². The molecule has 0 bridgehead atoms. The Bertz CT molecular complexity index is 1150. The maximum absolute atomic E-state index is 12.7. The lowest BCUT2D eigenvalue weighted by atomic mass is 10.1. The summed E-state index contributed by atoms with van der Waals surface area (Å²) >= 11 is 0. The number of hydrogen-bond acceptors (Lipinski definition) is 6. The predicted molar refractivity (Wildman–Crippen MR) is 140 cm³/mol. The van der Waals surface area contributed by atoms with Crippen molar-refractivity contribution in [2.75, 3.05) is 29.1 Å². The van der Waals surface area contributed by atoms with Crippen LogP contribution in [0.1, 0.15) is 38.7 Å². The van der Waals surface area contributed by atoms with Gasteiger partial charge in [-0.1, -0.05) is 30.4 Å². The Balaban J connectivity index is 1.92. The molecule has 33 heavy (non-hydrogen) atoms. The zero-order valence-corrected chi connectivity index (χ0v) is 20.7. The van der Waals surface area contributed by atoms with E-state index in [1.807, 2.05) is 17.9 Å². The van der Waals surface area contributed by atoms with E-state index in [4.69, 9.17) is 10.7 Å². The van der Waals surface area contributed by atoms with Crippen molar-refractivity contribution in [2.24, 2.45) is 5.73 Å². The van der Waals surface area contributed by atoms with E-state index >= 15 is 0 Å². The number of pyridine rings is 1. The fourth-order valence-corrected chi connectivity index (χ4v) is 5.31. The SMILES string of the molecule is C=CC=CC1=CCN(c2cc(NC(C)CCCC(C)N)c3cc(C)ccc3n2)CCS1(=O)=O. The molecular weight excluding hydrogens is 432 g/mol. The first-order valence-corrected chi connectivity index (χ1v) is 13.3.